The second-order valence-electron chi connectivity index (χ2n) is 4.98. The number of methoxy groups -OCH3 is 2. The molecular weight excluding hydrogens is 360 g/mol. The maximum absolute atomic E-state index is 12.3. The molecule has 0 saturated carbocycles. The fourth-order valence-corrected chi connectivity index (χ4v) is 2.46. The van der Waals surface area contributed by atoms with Crippen molar-refractivity contribution < 1.29 is 14.3 Å². The molecule has 2 amide bonds. The van der Waals surface area contributed by atoms with Crippen LogP contribution in [-0.2, 0) is 6.54 Å². The van der Waals surface area contributed by atoms with Crippen LogP contribution in [0.2, 0.25) is 0 Å². The van der Waals surface area contributed by atoms with Crippen molar-refractivity contribution in [3.63, 3.8) is 0 Å². The van der Waals surface area contributed by atoms with Crippen LogP contribution in [0.15, 0.2) is 46.9 Å². The Balaban J connectivity index is 2.08. The third-order valence-electron chi connectivity index (χ3n) is 3.31. The Bertz CT molecular complexity index is 669. The molecule has 1 N–H and O–H groups in total. The molecule has 0 bridgehead atoms. The summed E-state index contributed by atoms with van der Waals surface area (Å²) in [5, 5.41) is 2.84. The van der Waals surface area contributed by atoms with Gasteiger partial charge in [0.1, 0.15) is 11.5 Å². The van der Waals surface area contributed by atoms with Crippen molar-refractivity contribution in [3.05, 3.63) is 52.5 Å². The van der Waals surface area contributed by atoms with Gasteiger partial charge in [-0.25, -0.2) is 4.79 Å². The first kappa shape index (κ1) is 17.1. The van der Waals surface area contributed by atoms with E-state index in [0.717, 1.165) is 10.0 Å². The van der Waals surface area contributed by atoms with E-state index in [1.807, 2.05) is 24.3 Å². The standard InChI is InChI=1S/C17H19BrN2O3/c1-20(11-12-6-4-5-7-16(12)18)17(21)19-13-8-14(22-2)10-15(9-13)23-3/h4-10H,11H2,1-3H3,(H,19,21). The van der Waals surface area contributed by atoms with Gasteiger partial charge in [-0.05, 0) is 11.6 Å². The van der Waals surface area contributed by atoms with Crippen molar-refractivity contribution in [2.24, 2.45) is 0 Å². The van der Waals surface area contributed by atoms with Crippen LogP contribution in [0.1, 0.15) is 5.56 Å². The normalized spacial score (nSPS) is 10.1. The van der Waals surface area contributed by atoms with E-state index in [9.17, 15) is 4.79 Å². The molecule has 0 unspecified atom stereocenters. The molecule has 0 radical (unpaired) electrons. The van der Waals surface area contributed by atoms with Gasteiger partial charge >= 0.3 is 6.03 Å². The molecule has 2 aromatic carbocycles. The van der Waals surface area contributed by atoms with Crippen molar-refractivity contribution >= 4 is 27.6 Å². The minimum Gasteiger partial charge on any atom is -0.497 e. The number of urea groups is 1. The van der Waals surface area contributed by atoms with Crippen molar-refractivity contribution in [1.29, 1.82) is 0 Å². The Morgan fingerprint density at radius 2 is 1.74 bits per heavy atom. The number of nitrogens with zero attached hydrogens (tertiary/aromatic N) is 1. The Hall–Kier alpha value is -2.21. The van der Waals surface area contributed by atoms with Gasteiger partial charge in [0, 0.05) is 42.0 Å². The third-order valence-corrected chi connectivity index (χ3v) is 4.09. The number of nitrogens with one attached hydrogen (secondary N) is 1. The Kier molecular flexibility index (Phi) is 5.87. The first-order chi connectivity index (χ1) is 11.0. The Labute approximate surface area is 144 Å². The van der Waals surface area contributed by atoms with Crippen LogP contribution in [0, 0.1) is 0 Å². The fraction of sp³-hybridized carbons (Fsp3) is 0.235. The summed E-state index contributed by atoms with van der Waals surface area (Å²) in [5.74, 6) is 1.24. The minimum absolute atomic E-state index is 0.212. The van der Waals surface area contributed by atoms with Crippen molar-refractivity contribution in [2.45, 2.75) is 6.54 Å². The van der Waals surface area contributed by atoms with E-state index < -0.39 is 0 Å². The van der Waals surface area contributed by atoms with Gasteiger partial charge in [-0.1, -0.05) is 34.1 Å². The first-order valence-corrected chi connectivity index (χ1v) is 7.81. The smallest absolute Gasteiger partial charge is 0.321 e. The highest BCUT2D eigenvalue weighted by Crippen LogP contribution is 2.26. The Morgan fingerprint density at radius 1 is 1.13 bits per heavy atom. The van der Waals surface area contributed by atoms with Gasteiger partial charge in [0.15, 0.2) is 0 Å². The molecule has 2 rings (SSSR count). The van der Waals surface area contributed by atoms with E-state index in [0.29, 0.717) is 23.7 Å². The van der Waals surface area contributed by atoms with Crippen LogP contribution in [-0.4, -0.2) is 32.2 Å². The van der Waals surface area contributed by atoms with Gasteiger partial charge in [0.2, 0.25) is 0 Å². The number of carbonyl (C=O) groups is 1. The average molecular weight is 379 g/mol. The third kappa shape index (κ3) is 4.63. The molecule has 0 fully saturated rings. The summed E-state index contributed by atoms with van der Waals surface area (Å²) in [5.41, 5.74) is 1.65. The summed E-state index contributed by atoms with van der Waals surface area (Å²) < 4.78 is 11.4. The molecule has 0 aliphatic heterocycles. The first-order valence-electron chi connectivity index (χ1n) is 7.02. The molecule has 0 aromatic heterocycles. The van der Waals surface area contributed by atoms with Crippen LogP contribution in [0.3, 0.4) is 0 Å². The van der Waals surface area contributed by atoms with Gasteiger partial charge < -0.3 is 19.7 Å². The van der Waals surface area contributed by atoms with Crippen LogP contribution in [0.4, 0.5) is 10.5 Å². The number of ether oxygens (including phenoxy) is 2. The van der Waals surface area contributed by atoms with E-state index in [-0.39, 0.29) is 6.03 Å². The lowest BCUT2D eigenvalue weighted by atomic mass is 10.2. The Morgan fingerprint density at radius 3 is 2.30 bits per heavy atom. The zero-order chi connectivity index (χ0) is 16.8. The molecule has 122 valence electrons. The quantitative estimate of drug-likeness (QED) is 0.850. The van der Waals surface area contributed by atoms with E-state index >= 15 is 0 Å². The van der Waals surface area contributed by atoms with Gasteiger partial charge in [-0.2, -0.15) is 0 Å². The largest absolute Gasteiger partial charge is 0.497 e. The molecule has 0 aliphatic carbocycles. The lowest BCUT2D eigenvalue weighted by molar-refractivity contribution is 0.220. The van der Waals surface area contributed by atoms with Gasteiger partial charge in [-0.15, -0.1) is 0 Å². The summed E-state index contributed by atoms with van der Waals surface area (Å²) in [6.45, 7) is 0.494. The summed E-state index contributed by atoms with van der Waals surface area (Å²) in [6.07, 6.45) is 0. The van der Waals surface area contributed by atoms with E-state index in [2.05, 4.69) is 21.2 Å². The van der Waals surface area contributed by atoms with E-state index in [4.69, 9.17) is 9.47 Å². The van der Waals surface area contributed by atoms with Crippen LogP contribution < -0.4 is 14.8 Å². The van der Waals surface area contributed by atoms with Gasteiger partial charge in [0.05, 0.1) is 14.2 Å². The maximum atomic E-state index is 12.3. The van der Waals surface area contributed by atoms with E-state index in [1.54, 1.807) is 44.4 Å². The molecule has 0 atom stereocenters. The summed E-state index contributed by atoms with van der Waals surface area (Å²) in [4.78, 5) is 13.9. The molecule has 5 nitrogen and oxygen atoms in total. The number of amides is 2. The summed E-state index contributed by atoms with van der Waals surface area (Å²) in [7, 11) is 4.88. The van der Waals surface area contributed by atoms with Crippen molar-refractivity contribution in [1.82, 2.24) is 4.90 Å². The predicted molar refractivity (Wildman–Crippen MR) is 94.2 cm³/mol. The molecule has 0 heterocycles. The highest BCUT2D eigenvalue weighted by molar-refractivity contribution is 9.10. The van der Waals surface area contributed by atoms with Crippen molar-refractivity contribution in [3.8, 4) is 11.5 Å². The highest BCUT2D eigenvalue weighted by Gasteiger charge is 2.12. The molecule has 0 saturated heterocycles. The SMILES string of the molecule is COc1cc(NC(=O)N(C)Cc2ccccc2Br)cc(OC)c1. The minimum atomic E-state index is -0.212. The van der Waals surface area contributed by atoms with Crippen LogP contribution in [0.5, 0.6) is 11.5 Å². The van der Waals surface area contributed by atoms with Crippen LogP contribution >= 0.6 is 15.9 Å². The summed E-state index contributed by atoms with van der Waals surface area (Å²) >= 11 is 3.49. The molecule has 0 aliphatic rings. The molecular formula is C17H19BrN2O3. The average Bonchev–Trinajstić information content (AvgIpc) is 2.56. The number of carbonyl (C=O) groups excluding carboxylic acids is 1. The number of hydrogen-bond donors (Lipinski definition) is 1. The second kappa shape index (κ2) is 7.87. The maximum Gasteiger partial charge on any atom is 0.321 e. The number of hydrogen-bond acceptors (Lipinski definition) is 3. The fourth-order valence-electron chi connectivity index (χ4n) is 2.05. The number of benzene rings is 2. The predicted octanol–water partition coefficient (Wildman–Crippen LogP) is 4.13. The summed E-state index contributed by atoms with van der Waals surface area (Å²) in [6, 6.07) is 12.8. The van der Waals surface area contributed by atoms with E-state index in [1.165, 1.54) is 0 Å². The number of rotatable bonds is 5. The topological polar surface area (TPSA) is 50.8 Å². The van der Waals surface area contributed by atoms with Crippen LogP contribution in [0.25, 0.3) is 0 Å². The zero-order valence-electron chi connectivity index (χ0n) is 13.3. The molecule has 0 spiro atoms. The molecule has 23 heavy (non-hydrogen) atoms. The highest BCUT2D eigenvalue weighted by atomic mass is 79.9. The number of halogens is 1. The van der Waals surface area contributed by atoms with Crippen molar-refractivity contribution in [2.75, 3.05) is 26.6 Å². The second-order valence-corrected chi connectivity index (χ2v) is 5.83. The van der Waals surface area contributed by atoms with Gasteiger partial charge in [0.25, 0.3) is 0 Å². The number of anilines is 1. The monoisotopic (exact) mass is 378 g/mol. The lowest BCUT2D eigenvalue weighted by Crippen LogP contribution is -2.30. The lowest BCUT2D eigenvalue weighted by Gasteiger charge is -2.19. The molecule has 6 heteroatoms. The molecule has 2 aromatic rings. The zero-order valence-corrected chi connectivity index (χ0v) is 14.9. The van der Waals surface area contributed by atoms with Gasteiger partial charge in [-0.3, -0.25) is 0 Å².